The number of hydrogen-bond acceptors (Lipinski definition) is 2. The van der Waals surface area contributed by atoms with Gasteiger partial charge in [0, 0.05) is 18.8 Å². The van der Waals surface area contributed by atoms with Crippen LogP contribution in [0.4, 0.5) is 0 Å². The van der Waals surface area contributed by atoms with Crippen molar-refractivity contribution in [1.29, 1.82) is 0 Å². The molecule has 1 N–H and O–H groups in total. The number of hydrogen-bond donors (Lipinski definition) is 1. The Bertz CT molecular complexity index is 549. The molecule has 1 aromatic carbocycles. The van der Waals surface area contributed by atoms with Crippen LogP contribution in [0.15, 0.2) is 30.7 Å². The van der Waals surface area contributed by atoms with Crippen molar-refractivity contribution in [3.05, 3.63) is 52.0 Å². The summed E-state index contributed by atoms with van der Waals surface area (Å²) < 4.78 is 2.01. The van der Waals surface area contributed by atoms with Gasteiger partial charge >= 0.3 is 0 Å². The average molecular weight is 298 g/mol. The van der Waals surface area contributed by atoms with Gasteiger partial charge in [-0.2, -0.15) is 0 Å². The maximum atomic E-state index is 6.17. The van der Waals surface area contributed by atoms with Gasteiger partial charge in [-0.05, 0) is 11.6 Å². The summed E-state index contributed by atoms with van der Waals surface area (Å²) in [4.78, 5) is 4.36. The Balaban J connectivity index is 2.05. The van der Waals surface area contributed by atoms with Crippen molar-refractivity contribution >= 4 is 23.2 Å². The normalized spacial score (nSPS) is 11.2. The summed E-state index contributed by atoms with van der Waals surface area (Å²) in [6.45, 7) is 5.67. The van der Waals surface area contributed by atoms with Crippen molar-refractivity contribution in [3.63, 3.8) is 0 Å². The quantitative estimate of drug-likeness (QED) is 0.911. The number of halogens is 2. The maximum absolute atomic E-state index is 6.17. The van der Waals surface area contributed by atoms with E-state index in [-0.39, 0.29) is 0 Å². The van der Waals surface area contributed by atoms with Crippen LogP contribution < -0.4 is 5.32 Å². The first kappa shape index (κ1) is 14.4. The highest BCUT2D eigenvalue weighted by atomic mass is 35.5. The first-order valence-corrected chi connectivity index (χ1v) is 6.99. The summed E-state index contributed by atoms with van der Waals surface area (Å²) in [6.07, 6.45) is 3.83. The highest BCUT2D eigenvalue weighted by Crippen LogP contribution is 2.26. The molecule has 2 aromatic rings. The Labute approximate surface area is 123 Å². The summed E-state index contributed by atoms with van der Waals surface area (Å²) in [5.74, 6) is 0. The Morgan fingerprint density at radius 3 is 2.84 bits per heavy atom. The van der Waals surface area contributed by atoms with Gasteiger partial charge in [-0.15, -0.1) is 0 Å². The number of rotatable bonds is 5. The molecule has 5 heteroatoms. The van der Waals surface area contributed by atoms with Crippen molar-refractivity contribution in [2.45, 2.75) is 33.0 Å². The molecule has 0 fully saturated rings. The Kier molecular flexibility index (Phi) is 4.86. The molecule has 0 radical (unpaired) electrons. The molecule has 0 amide bonds. The Hall–Kier alpha value is -1.03. The van der Waals surface area contributed by atoms with Crippen molar-refractivity contribution in [2.24, 2.45) is 0 Å². The van der Waals surface area contributed by atoms with Crippen LogP contribution >= 0.6 is 23.2 Å². The molecule has 2 rings (SSSR count). The van der Waals surface area contributed by atoms with Gasteiger partial charge in [0.2, 0.25) is 0 Å². The zero-order chi connectivity index (χ0) is 13.8. The van der Waals surface area contributed by atoms with Crippen LogP contribution in [0.25, 0.3) is 0 Å². The van der Waals surface area contributed by atoms with E-state index < -0.39 is 0 Å². The summed E-state index contributed by atoms with van der Waals surface area (Å²) >= 11 is 12.2. The van der Waals surface area contributed by atoms with Crippen LogP contribution in [0.1, 0.15) is 25.1 Å². The predicted octanol–water partition coefficient (Wildman–Crippen LogP) is 3.74. The Morgan fingerprint density at radius 2 is 2.11 bits per heavy atom. The minimum atomic E-state index is 0.451. The van der Waals surface area contributed by atoms with E-state index in [1.165, 1.54) is 0 Å². The van der Waals surface area contributed by atoms with E-state index in [4.69, 9.17) is 23.2 Å². The molecule has 0 aliphatic carbocycles. The van der Waals surface area contributed by atoms with Crippen LogP contribution in [0, 0.1) is 0 Å². The van der Waals surface area contributed by atoms with Gasteiger partial charge < -0.3 is 9.88 Å². The van der Waals surface area contributed by atoms with Gasteiger partial charge in [0.1, 0.15) is 0 Å². The molecule has 0 atom stereocenters. The van der Waals surface area contributed by atoms with Crippen LogP contribution in [0.3, 0.4) is 0 Å². The largest absolute Gasteiger partial charge is 0.333 e. The second kappa shape index (κ2) is 6.42. The lowest BCUT2D eigenvalue weighted by atomic mass is 10.2. The summed E-state index contributed by atoms with van der Waals surface area (Å²) in [6, 6.07) is 6.12. The number of benzene rings is 1. The lowest BCUT2D eigenvalue weighted by Crippen LogP contribution is -2.21. The first-order chi connectivity index (χ1) is 9.06. The molecule has 1 aromatic heterocycles. The standard InChI is InChI=1S/C14H17Cl2N3/c1-10(2)17-6-12-8-19(9-18-12)7-11-4-3-5-13(15)14(11)16/h3-5,8-10,17H,6-7H2,1-2H3. The fraction of sp³-hybridized carbons (Fsp3) is 0.357. The summed E-state index contributed by atoms with van der Waals surface area (Å²) in [5, 5.41) is 4.53. The molecule has 0 aliphatic heterocycles. The molecular formula is C14H17Cl2N3. The number of nitrogens with one attached hydrogen (secondary N) is 1. The Morgan fingerprint density at radius 1 is 1.32 bits per heavy atom. The zero-order valence-corrected chi connectivity index (χ0v) is 12.5. The van der Waals surface area contributed by atoms with Crippen molar-refractivity contribution in [2.75, 3.05) is 0 Å². The molecule has 19 heavy (non-hydrogen) atoms. The second-order valence-corrected chi connectivity index (χ2v) is 5.57. The van der Waals surface area contributed by atoms with Crippen molar-refractivity contribution in [3.8, 4) is 0 Å². The lowest BCUT2D eigenvalue weighted by Gasteiger charge is -2.06. The minimum absolute atomic E-state index is 0.451. The third-order valence-corrected chi connectivity index (χ3v) is 3.62. The van der Waals surface area contributed by atoms with Gasteiger partial charge in [0.05, 0.1) is 28.6 Å². The van der Waals surface area contributed by atoms with Gasteiger partial charge in [0.15, 0.2) is 0 Å². The molecule has 102 valence electrons. The molecule has 0 saturated heterocycles. The highest BCUT2D eigenvalue weighted by Gasteiger charge is 2.06. The topological polar surface area (TPSA) is 29.9 Å². The van der Waals surface area contributed by atoms with Crippen LogP contribution in [-0.4, -0.2) is 15.6 Å². The highest BCUT2D eigenvalue weighted by molar-refractivity contribution is 6.42. The van der Waals surface area contributed by atoms with Crippen LogP contribution in [-0.2, 0) is 13.1 Å². The van der Waals surface area contributed by atoms with E-state index in [1.807, 2.05) is 29.2 Å². The van der Waals surface area contributed by atoms with Crippen LogP contribution in [0.5, 0.6) is 0 Å². The molecule has 1 heterocycles. The fourth-order valence-corrected chi connectivity index (χ4v) is 2.14. The first-order valence-electron chi connectivity index (χ1n) is 6.23. The van der Waals surface area contributed by atoms with E-state index >= 15 is 0 Å². The van der Waals surface area contributed by atoms with E-state index in [2.05, 4.69) is 24.1 Å². The zero-order valence-electron chi connectivity index (χ0n) is 11.0. The third-order valence-electron chi connectivity index (χ3n) is 2.76. The smallest absolute Gasteiger partial charge is 0.0953 e. The van der Waals surface area contributed by atoms with Crippen molar-refractivity contribution in [1.82, 2.24) is 14.9 Å². The van der Waals surface area contributed by atoms with E-state index in [0.717, 1.165) is 17.8 Å². The molecule has 0 saturated carbocycles. The summed E-state index contributed by atoms with van der Waals surface area (Å²) in [7, 11) is 0. The van der Waals surface area contributed by atoms with E-state index in [0.29, 0.717) is 22.6 Å². The number of nitrogens with zero attached hydrogens (tertiary/aromatic N) is 2. The predicted molar refractivity (Wildman–Crippen MR) is 79.8 cm³/mol. The number of imidazole rings is 1. The molecule has 0 unspecified atom stereocenters. The number of aromatic nitrogens is 2. The van der Waals surface area contributed by atoms with Gasteiger partial charge in [0.25, 0.3) is 0 Å². The third kappa shape index (κ3) is 3.96. The molecule has 0 spiro atoms. The van der Waals surface area contributed by atoms with E-state index in [9.17, 15) is 0 Å². The molecule has 3 nitrogen and oxygen atoms in total. The minimum Gasteiger partial charge on any atom is -0.333 e. The monoisotopic (exact) mass is 297 g/mol. The molecule has 0 aliphatic rings. The summed E-state index contributed by atoms with van der Waals surface area (Å²) in [5.41, 5.74) is 2.02. The lowest BCUT2D eigenvalue weighted by molar-refractivity contribution is 0.582. The molecule has 0 bridgehead atoms. The fourth-order valence-electron chi connectivity index (χ4n) is 1.76. The molecular weight excluding hydrogens is 281 g/mol. The van der Waals surface area contributed by atoms with Crippen molar-refractivity contribution < 1.29 is 0 Å². The average Bonchev–Trinajstić information content (AvgIpc) is 2.80. The van der Waals surface area contributed by atoms with Gasteiger partial charge in [-0.1, -0.05) is 49.2 Å². The van der Waals surface area contributed by atoms with E-state index in [1.54, 1.807) is 6.07 Å². The SMILES string of the molecule is CC(C)NCc1cn(Cc2cccc(Cl)c2Cl)cn1. The maximum Gasteiger partial charge on any atom is 0.0953 e. The second-order valence-electron chi connectivity index (χ2n) is 4.79. The van der Waals surface area contributed by atoms with Crippen LogP contribution in [0.2, 0.25) is 10.0 Å². The van der Waals surface area contributed by atoms with Gasteiger partial charge in [-0.25, -0.2) is 4.98 Å². The van der Waals surface area contributed by atoms with Gasteiger partial charge in [-0.3, -0.25) is 0 Å².